The predicted octanol–water partition coefficient (Wildman–Crippen LogP) is 0.320. The van der Waals surface area contributed by atoms with Gasteiger partial charge in [-0.15, -0.1) is 0 Å². The maximum absolute atomic E-state index is 3.41. The van der Waals surface area contributed by atoms with E-state index in [1.807, 2.05) is 0 Å². The Bertz CT molecular complexity index is 190. The van der Waals surface area contributed by atoms with Gasteiger partial charge in [0.15, 0.2) is 0 Å². The maximum atomic E-state index is 3.41. The molecule has 2 heterocycles. The van der Waals surface area contributed by atoms with Crippen molar-refractivity contribution >= 4 is 0 Å². The van der Waals surface area contributed by atoms with E-state index >= 15 is 0 Å². The van der Waals surface area contributed by atoms with Crippen LogP contribution in [0.4, 0.5) is 0 Å². The van der Waals surface area contributed by atoms with Crippen molar-refractivity contribution in [3.8, 4) is 0 Å². The molecule has 0 aromatic carbocycles. The van der Waals surface area contributed by atoms with Crippen LogP contribution in [0.2, 0.25) is 0 Å². The molecule has 2 N–H and O–H groups in total. The summed E-state index contributed by atoms with van der Waals surface area (Å²) in [5, 5.41) is 6.82. The van der Waals surface area contributed by atoms with Gasteiger partial charge in [0.2, 0.25) is 0 Å². The molecule has 1 atom stereocenters. The Balaban J connectivity index is 2.27. The third kappa shape index (κ3) is 1.13. The lowest BCUT2D eigenvalue weighted by molar-refractivity contribution is 0.297. The zero-order valence-electron chi connectivity index (χ0n) is 7.85. The van der Waals surface area contributed by atoms with Gasteiger partial charge in [0.25, 0.3) is 0 Å². The van der Waals surface area contributed by atoms with Gasteiger partial charge in [0, 0.05) is 32.6 Å². The van der Waals surface area contributed by atoms with Crippen LogP contribution in [0.25, 0.3) is 0 Å². The van der Waals surface area contributed by atoms with E-state index < -0.39 is 0 Å². The van der Waals surface area contributed by atoms with E-state index in [1.54, 1.807) is 0 Å². The molecule has 0 fully saturated rings. The van der Waals surface area contributed by atoms with Crippen LogP contribution in [0.15, 0.2) is 11.5 Å². The normalized spacial score (nSPS) is 29.2. The van der Waals surface area contributed by atoms with Crippen LogP contribution in [0, 0.1) is 5.92 Å². The Morgan fingerprint density at radius 1 is 1.33 bits per heavy atom. The van der Waals surface area contributed by atoms with Gasteiger partial charge in [-0.2, -0.15) is 0 Å². The van der Waals surface area contributed by atoms with E-state index in [0.717, 1.165) is 19.6 Å². The summed E-state index contributed by atoms with van der Waals surface area (Å²) in [4.78, 5) is 2.36. The number of hydrogen-bond donors (Lipinski definition) is 2. The second kappa shape index (κ2) is 2.88. The van der Waals surface area contributed by atoms with Gasteiger partial charge in [-0.25, -0.2) is 0 Å². The van der Waals surface area contributed by atoms with E-state index in [9.17, 15) is 0 Å². The Morgan fingerprint density at radius 3 is 2.83 bits per heavy atom. The van der Waals surface area contributed by atoms with Crippen molar-refractivity contribution < 1.29 is 0 Å². The summed E-state index contributed by atoms with van der Waals surface area (Å²) in [5.41, 5.74) is 1.47. The van der Waals surface area contributed by atoms with Gasteiger partial charge in [0.05, 0.1) is 5.70 Å². The molecule has 0 saturated carbocycles. The predicted molar refractivity (Wildman–Crippen MR) is 49.4 cm³/mol. The average molecular weight is 167 g/mol. The van der Waals surface area contributed by atoms with Crippen molar-refractivity contribution in [3.05, 3.63) is 11.5 Å². The summed E-state index contributed by atoms with van der Waals surface area (Å²) in [6.07, 6.45) is 1.25. The Hall–Kier alpha value is -0.860. The van der Waals surface area contributed by atoms with Crippen LogP contribution in [0.3, 0.4) is 0 Å². The van der Waals surface area contributed by atoms with Gasteiger partial charge in [-0.1, -0.05) is 6.92 Å². The highest BCUT2D eigenvalue weighted by Crippen LogP contribution is 2.24. The van der Waals surface area contributed by atoms with Gasteiger partial charge < -0.3 is 15.5 Å². The van der Waals surface area contributed by atoms with Crippen molar-refractivity contribution in [1.82, 2.24) is 15.5 Å². The smallest absolute Gasteiger partial charge is 0.119 e. The minimum absolute atomic E-state index is 0.707. The molecule has 0 radical (unpaired) electrons. The highest BCUT2D eigenvalue weighted by Gasteiger charge is 2.24. The molecule has 1 unspecified atom stereocenters. The number of likely N-dealkylation sites (N-methyl/N-ethyl adjacent to an activating group) is 1. The molecule has 0 spiro atoms. The summed E-state index contributed by atoms with van der Waals surface area (Å²) >= 11 is 0. The summed E-state index contributed by atoms with van der Waals surface area (Å²) < 4.78 is 0. The summed E-state index contributed by atoms with van der Waals surface area (Å²) in [5.74, 6) is 1.97. The van der Waals surface area contributed by atoms with Gasteiger partial charge >= 0.3 is 0 Å². The number of nitrogens with one attached hydrogen (secondary N) is 2. The van der Waals surface area contributed by atoms with Crippen LogP contribution >= 0.6 is 0 Å². The lowest BCUT2D eigenvalue weighted by Crippen LogP contribution is -2.46. The Labute approximate surface area is 73.8 Å². The fourth-order valence-corrected chi connectivity index (χ4v) is 2.08. The quantitative estimate of drug-likeness (QED) is 0.544. The second-order valence-corrected chi connectivity index (χ2v) is 3.73. The first-order valence-corrected chi connectivity index (χ1v) is 4.72. The minimum atomic E-state index is 0.707. The van der Waals surface area contributed by atoms with E-state index in [-0.39, 0.29) is 0 Å². The topological polar surface area (TPSA) is 27.3 Å². The average Bonchev–Trinajstić information content (AvgIpc) is 2.04. The maximum Gasteiger partial charge on any atom is 0.119 e. The SMILES string of the molecule is CC1CCNC2=C1N(C)CCN2. The number of allylic oxidation sites excluding steroid dienone is 1. The molecule has 0 aromatic heterocycles. The van der Waals surface area contributed by atoms with Crippen molar-refractivity contribution in [1.29, 1.82) is 0 Å². The van der Waals surface area contributed by atoms with Crippen LogP contribution in [0.1, 0.15) is 13.3 Å². The monoisotopic (exact) mass is 167 g/mol. The van der Waals surface area contributed by atoms with Crippen molar-refractivity contribution in [2.45, 2.75) is 13.3 Å². The fourth-order valence-electron chi connectivity index (χ4n) is 2.08. The van der Waals surface area contributed by atoms with Crippen molar-refractivity contribution in [2.75, 3.05) is 26.7 Å². The van der Waals surface area contributed by atoms with E-state index in [1.165, 1.54) is 17.9 Å². The minimum Gasteiger partial charge on any atom is -0.373 e. The Morgan fingerprint density at radius 2 is 2.08 bits per heavy atom. The zero-order valence-corrected chi connectivity index (χ0v) is 7.85. The fraction of sp³-hybridized carbons (Fsp3) is 0.778. The molecule has 12 heavy (non-hydrogen) atoms. The van der Waals surface area contributed by atoms with Crippen LogP contribution in [0.5, 0.6) is 0 Å². The first-order chi connectivity index (χ1) is 5.79. The summed E-state index contributed by atoms with van der Waals surface area (Å²) in [6, 6.07) is 0. The molecule has 0 aliphatic carbocycles. The zero-order chi connectivity index (χ0) is 8.55. The first-order valence-electron chi connectivity index (χ1n) is 4.72. The number of hydrogen-bond acceptors (Lipinski definition) is 3. The molecular formula is C9H17N3. The summed E-state index contributed by atoms with van der Waals surface area (Å²) in [6.45, 7) is 5.61. The molecule has 68 valence electrons. The highest BCUT2D eigenvalue weighted by atomic mass is 15.2. The molecule has 3 heteroatoms. The van der Waals surface area contributed by atoms with Crippen LogP contribution in [-0.4, -0.2) is 31.6 Å². The standard InChI is InChI=1S/C9H17N3/c1-7-3-4-10-9-8(7)12(2)6-5-11-9/h7,10-11H,3-6H2,1-2H3. The van der Waals surface area contributed by atoms with Crippen LogP contribution in [-0.2, 0) is 0 Å². The number of nitrogens with zero attached hydrogens (tertiary/aromatic N) is 1. The molecule has 0 amide bonds. The van der Waals surface area contributed by atoms with Crippen molar-refractivity contribution in [2.24, 2.45) is 5.92 Å². The molecule has 3 nitrogen and oxygen atoms in total. The van der Waals surface area contributed by atoms with Gasteiger partial charge in [-0.05, 0) is 6.42 Å². The van der Waals surface area contributed by atoms with Gasteiger partial charge in [0.1, 0.15) is 5.82 Å². The molecule has 2 rings (SSSR count). The summed E-state index contributed by atoms with van der Waals surface area (Å²) in [7, 11) is 2.18. The van der Waals surface area contributed by atoms with Crippen LogP contribution < -0.4 is 10.6 Å². The molecule has 2 aliphatic heterocycles. The van der Waals surface area contributed by atoms with E-state index in [4.69, 9.17) is 0 Å². The molecule has 0 saturated heterocycles. The second-order valence-electron chi connectivity index (χ2n) is 3.73. The molecular weight excluding hydrogens is 150 g/mol. The molecule has 2 aliphatic rings. The third-order valence-corrected chi connectivity index (χ3v) is 2.76. The van der Waals surface area contributed by atoms with E-state index in [0.29, 0.717) is 5.92 Å². The third-order valence-electron chi connectivity index (χ3n) is 2.76. The van der Waals surface area contributed by atoms with Crippen molar-refractivity contribution in [3.63, 3.8) is 0 Å². The number of rotatable bonds is 0. The van der Waals surface area contributed by atoms with E-state index in [2.05, 4.69) is 29.5 Å². The first kappa shape index (κ1) is 7.77. The lowest BCUT2D eigenvalue weighted by Gasteiger charge is -2.38. The molecule has 0 aromatic rings. The Kier molecular flexibility index (Phi) is 1.87. The van der Waals surface area contributed by atoms with Gasteiger partial charge in [-0.3, -0.25) is 0 Å². The lowest BCUT2D eigenvalue weighted by atomic mass is 9.98. The largest absolute Gasteiger partial charge is 0.373 e. The molecule has 0 bridgehead atoms. The highest BCUT2D eigenvalue weighted by molar-refractivity contribution is 5.18.